The molecule has 2 aromatic carbocycles. The van der Waals surface area contributed by atoms with E-state index in [1.165, 1.54) is 5.56 Å². The summed E-state index contributed by atoms with van der Waals surface area (Å²) in [6.45, 7) is 7.72. The second-order valence-electron chi connectivity index (χ2n) is 7.83. The Morgan fingerprint density at radius 2 is 1.61 bits per heavy atom. The second kappa shape index (κ2) is 9.71. The lowest BCUT2D eigenvalue weighted by Crippen LogP contribution is -2.49. The summed E-state index contributed by atoms with van der Waals surface area (Å²) in [5.41, 5.74) is 3.16. The van der Waals surface area contributed by atoms with Crippen LogP contribution in [0.25, 0.3) is 0 Å². The summed E-state index contributed by atoms with van der Waals surface area (Å²) in [4.78, 5) is 20.8. The lowest BCUT2D eigenvalue weighted by atomic mass is 9.89. The van der Waals surface area contributed by atoms with Crippen molar-refractivity contribution in [2.24, 2.45) is 0 Å². The van der Waals surface area contributed by atoms with E-state index in [0.29, 0.717) is 30.0 Å². The van der Waals surface area contributed by atoms with Crippen molar-refractivity contribution in [2.45, 2.75) is 45.8 Å². The molecule has 31 heavy (non-hydrogen) atoms. The first-order valence-electron chi connectivity index (χ1n) is 10.2. The van der Waals surface area contributed by atoms with Gasteiger partial charge in [-0.15, -0.1) is 0 Å². The van der Waals surface area contributed by atoms with E-state index >= 15 is 0 Å². The molecule has 2 unspecified atom stereocenters. The molecule has 0 saturated carbocycles. The summed E-state index contributed by atoms with van der Waals surface area (Å²) in [5, 5.41) is 10.1. The maximum Gasteiger partial charge on any atom is 0.348 e. The zero-order valence-corrected chi connectivity index (χ0v) is 18.3. The number of aryl methyl sites for hydroxylation is 3. The van der Waals surface area contributed by atoms with Crippen LogP contribution in [0.15, 0.2) is 60.7 Å². The van der Waals surface area contributed by atoms with Gasteiger partial charge >= 0.3 is 12.0 Å². The monoisotopic (exact) mass is 420 g/mol. The van der Waals surface area contributed by atoms with Crippen LogP contribution in [0.3, 0.4) is 0 Å². The third kappa shape index (κ3) is 5.67. The number of ether oxygens (including phenoxy) is 2. The van der Waals surface area contributed by atoms with Crippen molar-refractivity contribution in [1.82, 2.24) is 9.97 Å². The topological polar surface area (TPSA) is 81.5 Å². The maximum atomic E-state index is 12.3. The molecule has 0 saturated heterocycles. The van der Waals surface area contributed by atoms with E-state index in [4.69, 9.17) is 9.47 Å². The van der Waals surface area contributed by atoms with Crippen LogP contribution >= 0.6 is 0 Å². The number of carboxylic acids is 1. The molecule has 0 bridgehead atoms. The van der Waals surface area contributed by atoms with Gasteiger partial charge in [-0.25, -0.2) is 14.8 Å². The fourth-order valence-corrected chi connectivity index (χ4v) is 3.47. The van der Waals surface area contributed by atoms with Crippen molar-refractivity contribution < 1.29 is 19.4 Å². The quantitative estimate of drug-likeness (QED) is 0.552. The highest BCUT2D eigenvalue weighted by Gasteiger charge is 2.44. The molecule has 3 rings (SSSR count). The normalized spacial score (nSPS) is 13.9. The molecule has 2 atom stereocenters. The van der Waals surface area contributed by atoms with Gasteiger partial charge in [-0.05, 0) is 51.3 Å². The zero-order chi connectivity index (χ0) is 22.4. The van der Waals surface area contributed by atoms with Crippen molar-refractivity contribution in [3.8, 4) is 6.01 Å². The van der Waals surface area contributed by atoms with E-state index in [2.05, 4.69) is 9.97 Å². The number of aromatic nitrogens is 2. The highest BCUT2D eigenvalue weighted by molar-refractivity contribution is 5.75. The fourth-order valence-electron chi connectivity index (χ4n) is 3.47. The average molecular weight is 421 g/mol. The Bertz CT molecular complexity index is 1000. The Hall–Kier alpha value is -3.25. The molecule has 0 spiro atoms. The Balaban J connectivity index is 1.89. The predicted octanol–water partition coefficient (Wildman–Crippen LogP) is 4.41. The molecule has 0 aliphatic carbocycles. The van der Waals surface area contributed by atoms with Crippen LogP contribution in [0, 0.1) is 20.8 Å². The van der Waals surface area contributed by atoms with Crippen molar-refractivity contribution >= 4 is 5.97 Å². The highest BCUT2D eigenvalue weighted by atomic mass is 16.6. The molecule has 0 fully saturated rings. The second-order valence-corrected chi connectivity index (χ2v) is 7.83. The minimum absolute atomic E-state index is 0.0224. The number of carbonyl (C=O) groups is 1. The van der Waals surface area contributed by atoms with Gasteiger partial charge in [0, 0.05) is 11.4 Å². The van der Waals surface area contributed by atoms with Crippen LogP contribution in [-0.4, -0.2) is 33.8 Å². The summed E-state index contributed by atoms with van der Waals surface area (Å²) < 4.78 is 12.1. The number of rotatable bonds is 9. The van der Waals surface area contributed by atoms with Gasteiger partial charge in [0.05, 0.1) is 6.61 Å². The molecule has 162 valence electrons. The molecule has 1 heterocycles. The predicted molar refractivity (Wildman–Crippen MR) is 118 cm³/mol. The van der Waals surface area contributed by atoms with Crippen LogP contribution < -0.4 is 4.74 Å². The van der Waals surface area contributed by atoms with Gasteiger partial charge in [-0.2, -0.15) is 0 Å². The van der Waals surface area contributed by atoms with E-state index in [9.17, 15) is 9.90 Å². The van der Waals surface area contributed by atoms with Crippen molar-refractivity contribution in [2.75, 3.05) is 6.61 Å². The van der Waals surface area contributed by atoms with E-state index in [1.807, 2.05) is 75.4 Å². The van der Waals surface area contributed by atoms with Crippen molar-refractivity contribution in [3.63, 3.8) is 0 Å². The fraction of sp³-hybridized carbons (Fsp3) is 0.320. The number of benzene rings is 2. The SMILES string of the molecule is Cc1ccc(CCOC(C)(c2ccccc2)C(Oc2nc(C)cc(C)n2)C(=O)O)cc1. The Kier molecular flexibility index (Phi) is 7.02. The Morgan fingerprint density at radius 3 is 2.19 bits per heavy atom. The minimum atomic E-state index is -1.34. The first-order valence-corrected chi connectivity index (χ1v) is 10.2. The number of hydrogen-bond acceptors (Lipinski definition) is 5. The van der Waals surface area contributed by atoms with Crippen LogP contribution in [0.5, 0.6) is 6.01 Å². The summed E-state index contributed by atoms with van der Waals surface area (Å²) in [5.74, 6) is -1.15. The van der Waals surface area contributed by atoms with Crippen LogP contribution in [0.4, 0.5) is 0 Å². The lowest BCUT2D eigenvalue weighted by molar-refractivity contribution is -0.168. The highest BCUT2D eigenvalue weighted by Crippen LogP contribution is 2.32. The number of nitrogens with zero attached hydrogens (tertiary/aromatic N) is 2. The minimum Gasteiger partial charge on any atom is -0.478 e. The number of carboxylic acid groups (broad SMARTS) is 1. The Morgan fingerprint density at radius 1 is 1.00 bits per heavy atom. The van der Waals surface area contributed by atoms with Gasteiger partial charge in [-0.1, -0.05) is 60.2 Å². The van der Waals surface area contributed by atoms with E-state index < -0.39 is 17.7 Å². The summed E-state index contributed by atoms with van der Waals surface area (Å²) in [7, 11) is 0. The molecule has 6 nitrogen and oxygen atoms in total. The van der Waals surface area contributed by atoms with Crippen LogP contribution in [-0.2, 0) is 21.6 Å². The van der Waals surface area contributed by atoms with E-state index in [0.717, 1.165) is 5.56 Å². The van der Waals surface area contributed by atoms with Gasteiger partial charge in [0.2, 0.25) is 6.10 Å². The molecule has 3 aromatic rings. The summed E-state index contributed by atoms with van der Waals surface area (Å²) in [6, 6.07) is 19.3. The third-order valence-electron chi connectivity index (χ3n) is 5.17. The largest absolute Gasteiger partial charge is 0.478 e. The standard InChI is InChI=1S/C25H28N2O4/c1-17-10-12-20(13-11-17)14-15-30-25(4,21-8-6-5-7-9-21)22(23(28)29)31-24-26-18(2)16-19(3)27-24/h5-13,16,22H,14-15H2,1-4H3,(H,28,29). The Labute approximate surface area is 182 Å². The van der Waals surface area contributed by atoms with E-state index in [1.54, 1.807) is 13.0 Å². The first kappa shape index (κ1) is 22.4. The van der Waals surface area contributed by atoms with Gasteiger partial charge in [0.1, 0.15) is 5.60 Å². The first-order chi connectivity index (χ1) is 14.8. The van der Waals surface area contributed by atoms with Crippen LogP contribution in [0.2, 0.25) is 0 Å². The van der Waals surface area contributed by atoms with Gasteiger partial charge in [0.15, 0.2) is 0 Å². The molecule has 0 aliphatic heterocycles. The van der Waals surface area contributed by atoms with E-state index in [-0.39, 0.29) is 6.01 Å². The molecule has 1 N–H and O–H groups in total. The summed E-state index contributed by atoms with van der Waals surface area (Å²) >= 11 is 0. The number of hydrogen-bond donors (Lipinski definition) is 1. The molecule has 6 heteroatoms. The average Bonchev–Trinajstić information content (AvgIpc) is 2.73. The lowest BCUT2D eigenvalue weighted by Gasteiger charge is -2.35. The summed E-state index contributed by atoms with van der Waals surface area (Å²) in [6.07, 6.45) is -0.691. The van der Waals surface area contributed by atoms with Crippen molar-refractivity contribution in [1.29, 1.82) is 0 Å². The molecular formula is C25H28N2O4. The molecule has 0 radical (unpaired) electrons. The third-order valence-corrected chi connectivity index (χ3v) is 5.17. The van der Waals surface area contributed by atoms with Crippen LogP contribution in [0.1, 0.15) is 35.0 Å². The zero-order valence-electron chi connectivity index (χ0n) is 18.3. The smallest absolute Gasteiger partial charge is 0.348 e. The molecule has 1 aromatic heterocycles. The van der Waals surface area contributed by atoms with Gasteiger partial charge in [-0.3, -0.25) is 0 Å². The maximum absolute atomic E-state index is 12.3. The van der Waals surface area contributed by atoms with Crippen molar-refractivity contribution in [3.05, 3.63) is 88.7 Å². The van der Waals surface area contributed by atoms with Gasteiger partial charge in [0.25, 0.3) is 0 Å². The molecule has 0 aliphatic rings. The number of aliphatic carboxylic acids is 1. The van der Waals surface area contributed by atoms with Gasteiger partial charge < -0.3 is 14.6 Å². The molecule has 0 amide bonds. The molecular weight excluding hydrogens is 392 g/mol.